The second-order valence-corrected chi connectivity index (χ2v) is 22.4. The summed E-state index contributed by atoms with van der Waals surface area (Å²) < 4.78 is 4.26. The van der Waals surface area contributed by atoms with Crippen LogP contribution in [0.5, 0.6) is 0 Å². The van der Waals surface area contributed by atoms with Gasteiger partial charge in [0.1, 0.15) is 0 Å². The van der Waals surface area contributed by atoms with E-state index in [-0.39, 0.29) is 16.2 Å². The number of rotatable bonds is 9. The van der Waals surface area contributed by atoms with E-state index in [0.29, 0.717) is 0 Å². The Morgan fingerprint density at radius 3 is 0.582 bits per heavy atom. The van der Waals surface area contributed by atoms with Crippen LogP contribution in [0.15, 0.2) is 146 Å². The van der Waals surface area contributed by atoms with Crippen molar-refractivity contribution in [1.29, 1.82) is 0 Å². The van der Waals surface area contributed by atoms with Crippen molar-refractivity contribution in [1.82, 2.24) is 0 Å². The molecule has 0 saturated carbocycles. The van der Waals surface area contributed by atoms with Crippen LogP contribution in [-0.2, 0) is 16.2 Å². The third-order valence-electron chi connectivity index (χ3n) is 10.2. The zero-order valence-electron chi connectivity index (χ0n) is 34.3. The molecule has 0 fully saturated rings. The molecule has 1 heteroatoms. The van der Waals surface area contributed by atoms with Crippen molar-refractivity contribution in [2.75, 3.05) is 0 Å². The minimum absolute atomic E-state index is 0.157. The molecule has 0 aliphatic heterocycles. The standard InChI is InChI=1S/C54H57As/c1-52(2,3)46-28-16-40(17-29-46)10-13-43-22-34-49(35-23-43)55(50-36-24-44(25-37-50)14-11-41-18-30-47(31-19-41)53(4,5)6)51-38-26-45(27-39-51)15-12-42-20-32-48(33-21-42)54(7,8)9/h10-39H,1-9H3/b13-10+,14-11+,15-12+. The van der Waals surface area contributed by atoms with E-state index in [1.807, 2.05) is 0 Å². The molecule has 6 aromatic carbocycles. The summed E-state index contributed by atoms with van der Waals surface area (Å²) in [5, 5.41) is 0. The van der Waals surface area contributed by atoms with E-state index in [4.69, 9.17) is 0 Å². The molecule has 0 bridgehead atoms. The molecular formula is C54H57As. The average molecular weight is 781 g/mol. The zero-order valence-corrected chi connectivity index (χ0v) is 36.1. The van der Waals surface area contributed by atoms with Crippen LogP contribution in [0.1, 0.15) is 112 Å². The first-order valence-electron chi connectivity index (χ1n) is 19.6. The summed E-state index contributed by atoms with van der Waals surface area (Å²) in [6, 6.07) is 54.6. The summed E-state index contributed by atoms with van der Waals surface area (Å²) in [5.74, 6) is 0. The van der Waals surface area contributed by atoms with Crippen LogP contribution in [0.3, 0.4) is 0 Å². The Morgan fingerprint density at radius 1 is 0.255 bits per heavy atom. The second-order valence-electron chi connectivity index (χ2n) is 17.7. The molecule has 0 aromatic heterocycles. The van der Waals surface area contributed by atoms with Crippen molar-refractivity contribution >= 4 is 64.2 Å². The first-order valence-corrected chi connectivity index (χ1v) is 22.4. The first-order chi connectivity index (χ1) is 26.1. The Hall–Kier alpha value is -4.90. The molecule has 0 unspecified atom stereocenters. The summed E-state index contributed by atoms with van der Waals surface area (Å²) in [7, 11) is 0. The monoisotopic (exact) mass is 780 g/mol. The number of benzene rings is 6. The number of hydrogen-bond acceptors (Lipinski definition) is 0. The van der Waals surface area contributed by atoms with Gasteiger partial charge in [-0.1, -0.05) is 0 Å². The van der Waals surface area contributed by atoms with E-state index in [0.717, 1.165) is 0 Å². The van der Waals surface area contributed by atoms with Gasteiger partial charge in [-0.2, -0.15) is 0 Å². The van der Waals surface area contributed by atoms with Crippen molar-refractivity contribution < 1.29 is 0 Å². The van der Waals surface area contributed by atoms with Crippen molar-refractivity contribution in [3.8, 4) is 0 Å². The SMILES string of the molecule is CC(C)(C)c1ccc(/C=C/c2ccc([As](c3ccc(/C=C/c4ccc(C(C)(C)C)cc4)cc3)c3ccc(/C=C/c4ccc(C(C)(C)C)cc4)cc3)cc2)cc1. The van der Waals surface area contributed by atoms with Gasteiger partial charge < -0.3 is 0 Å². The van der Waals surface area contributed by atoms with E-state index >= 15 is 0 Å². The van der Waals surface area contributed by atoms with Crippen LogP contribution in [0.4, 0.5) is 0 Å². The third-order valence-corrected chi connectivity index (χ3v) is 15.3. The van der Waals surface area contributed by atoms with Crippen molar-refractivity contribution in [2.45, 2.75) is 78.6 Å². The topological polar surface area (TPSA) is 0 Å². The Labute approximate surface area is 336 Å². The van der Waals surface area contributed by atoms with Gasteiger partial charge in [0.15, 0.2) is 0 Å². The molecule has 278 valence electrons. The summed E-state index contributed by atoms with van der Waals surface area (Å²) in [6.07, 6.45) is 13.3. The van der Waals surface area contributed by atoms with Crippen molar-refractivity contribution in [2.24, 2.45) is 0 Å². The fraction of sp³-hybridized carbons (Fsp3) is 0.222. The molecule has 0 nitrogen and oxygen atoms in total. The van der Waals surface area contributed by atoms with Gasteiger partial charge in [0.2, 0.25) is 0 Å². The Bertz CT molecular complexity index is 1960. The Balaban J connectivity index is 1.24. The summed E-state index contributed by atoms with van der Waals surface area (Å²) >= 11 is -1.84. The van der Waals surface area contributed by atoms with Crippen molar-refractivity contribution in [3.63, 3.8) is 0 Å². The number of hydrogen-bond donors (Lipinski definition) is 0. The predicted octanol–water partition coefficient (Wildman–Crippen LogP) is 12.6. The van der Waals surface area contributed by atoms with Gasteiger partial charge in [0, 0.05) is 0 Å². The molecule has 6 rings (SSSR count). The van der Waals surface area contributed by atoms with Crippen LogP contribution in [0, 0.1) is 0 Å². The maximum atomic E-state index is 2.35. The molecule has 55 heavy (non-hydrogen) atoms. The van der Waals surface area contributed by atoms with Crippen LogP contribution in [0.2, 0.25) is 0 Å². The van der Waals surface area contributed by atoms with Gasteiger partial charge >= 0.3 is 338 Å². The van der Waals surface area contributed by atoms with Gasteiger partial charge in [-0.15, -0.1) is 0 Å². The van der Waals surface area contributed by atoms with Gasteiger partial charge in [0.25, 0.3) is 0 Å². The molecular weight excluding hydrogens is 724 g/mol. The molecule has 0 aliphatic rings. The molecule has 0 N–H and O–H groups in total. The first kappa shape index (κ1) is 39.8. The fourth-order valence-electron chi connectivity index (χ4n) is 6.51. The normalized spacial score (nSPS) is 12.8. The summed E-state index contributed by atoms with van der Waals surface area (Å²) in [6.45, 7) is 20.3. The van der Waals surface area contributed by atoms with E-state index in [1.54, 1.807) is 0 Å². The third kappa shape index (κ3) is 10.9. The van der Waals surface area contributed by atoms with E-state index in [1.165, 1.54) is 63.1 Å². The summed E-state index contributed by atoms with van der Waals surface area (Å²) in [4.78, 5) is 0. The summed E-state index contributed by atoms with van der Waals surface area (Å²) in [5.41, 5.74) is 11.8. The van der Waals surface area contributed by atoms with Gasteiger partial charge in [0.05, 0.1) is 0 Å². The van der Waals surface area contributed by atoms with Gasteiger partial charge in [-0.25, -0.2) is 0 Å². The average Bonchev–Trinajstić information content (AvgIpc) is 3.16. The van der Waals surface area contributed by atoms with E-state index < -0.39 is 14.7 Å². The fourth-order valence-corrected chi connectivity index (χ4v) is 11.2. The van der Waals surface area contributed by atoms with Gasteiger partial charge in [-0.3, -0.25) is 0 Å². The van der Waals surface area contributed by atoms with Crippen LogP contribution in [-0.4, -0.2) is 14.7 Å². The predicted molar refractivity (Wildman–Crippen MR) is 246 cm³/mol. The minimum atomic E-state index is -1.84. The molecule has 0 amide bonds. The molecule has 0 saturated heterocycles. The quantitative estimate of drug-likeness (QED) is 0.101. The zero-order chi connectivity index (χ0) is 39.2. The molecule has 0 heterocycles. The molecule has 6 aromatic rings. The molecule has 0 radical (unpaired) electrons. The van der Waals surface area contributed by atoms with Crippen LogP contribution >= 0.6 is 0 Å². The van der Waals surface area contributed by atoms with Crippen LogP contribution < -0.4 is 13.1 Å². The molecule has 0 spiro atoms. The van der Waals surface area contributed by atoms with E-state index in [2.05, 4.69) is 244 Å². The Morgan fingerprint density at radius 2 is 0.418 bits per heavy atom. The maximum absolute atomic E-state index is 2.35. The van der Waals surface area contributed by atoms with Crippen LogP contribution in [0.25, 0.3) is 36.5 Å². The second kappa shape index (κ2) is 16.9. The molecule has 0 aliphatic carbocycles. The molecule has 0 atom stereocenters. The van der Waals surface area contributed by atoms with E-state index in [9.17, 15) is 0 Å². The Kier molecular flexibility index (Phi) is 12.2. The van der Waals surface area contributed by atoms with Crippen molar-refractivity contribution in [3.05, 3.63) is 196 Å². The van der Waals surface area contributed by atoms with Gasteiger partial charge in [-0.05, 0) is 0 Å².